The minimum absolute atomic E-state index is 0.0843. The molecule has 7 N–H and O–H groups in total. The highest BCUT2D eigenvalue weighted by Crippen LogP contribution is 2.47. The molecule has 0 saturated carbocycles. The first-order valence-electron chi connectivity index (χ1n) is 9.43. The Hall–Kier alpha value is -2.53. The van der Waals surface area contributed by atoms with Gasteiger partial charge in [0.05, 0.1) is 30.4 Å². The lowest BCUT2D eigenvalue weighted by Crippen LogP contribution is -2.60. The van der Waals surface area contributed by atoms with Crippen molar-refractivity contribution >= 4 is 5.78 Å². The van der Waals surface area contributed by atoms with Crippen LogP contribution >= 0.6 is 0 Å². The number of carbonyl (C=O) groups excluding carboxylic acids is 1. The summed E-state index contributed by atoms with van der Waals surface area (Å²) in [4.78, 5) is 13.1. The van der Waals surface area contributed by atoms with E-state index in [1.807, 2.05) is 0 Å². The highest BCUT2D eigenvalue weighted by atomic mass is 16.5. The summed E-state index contributed by atoms with van der Waals surface area (Å²) in [5, 5.41) is 71.0. The smallest absolute Gasteiger partial charge is 0.201 e. The maximum atomic E-state index is 13.1. The van der Waals surface area contributed by atoms with E-state index in [2.05, 4.69) is 0 Å². The number of aliphatic hydroxyl groups excluding tert-OH is 5. The maximum Gasteiger partial charge on any atom is 0.201 e. The molecule has 0 spiro atoms. The molecule has 2 aromatic rings. The van der Waals surface area contributed by atoms with E-state index in [9.17, 15) is 40.5 Å². The normalized spacial score (nSPS) is 30.6. The summed E-state index contributed by atoms with van der Waals surface area (Å²) >= 11 is 0. The van der Waals surface area contributed by atoms with Crippen LogP contribution < -0.4 is 0 Å². The van der Waals surface area contributed by atoms with Gasteiger partial charge in [-0.1, -0.05) is 18.2 Å². The number of ketones is 1. The van der Waals surface area contributed by atoms with Crippen LogP contribution in [-0.2, 0) is 11.3 Å². The number of rotatable bonds is 3. The highest BCUT2D eigenvalue weighted by molar-refractivity contribution is 6.16. The molecule has 30 heavy (non-hydrogen) atoms. The highest BCUT2D eigenvalue weighted by Gasteiger charge is 2.50. The van der Waals surface area contributed by atoms with Crippen molar-refractivity contribution in [2.45, 2.75) is 43.0 Å². The molecule has 9 heteroatoms. The van der Waals surface area contributed by atoms with Crippen LogP contribution in [0.2, 0.25) is 0 Å². The van der Waals surface area contributed by atoms with Crippen LogP contribution in [0.15, 0.2) is 30.3 Å². The van der Waals surface area contributed by atoms with E-state index < -0.39 is 61.2 Å². The minimum Gasteiger partial charge on any atom is -0.507 e. The Balaban J connectivity index is 1.96. The fraction of sp³-hybridized carbons (Fsp3) is 0.381. The number of aliphatic hydroxyl groups is 5. The summed E-state index contributed by atoms with van der Waals surface area (Å²) in [6.07, 6.45) is -7.22. The number of hydrogen-bond donors (Lipinski definition) is 7. The van der Waals surface area contributed by atoms with E-state index >= 15 is 0 Å². The lowest BCUT2D eigenvalue weighted by molar-refractivity contribution is -0.232. The Labute approximate surface area is 171 Å². The molecular formula is C21H22O9. The van der Waals surface area contributed by atoms with Crippen molar-refractivity contribution in [3.05, 3.63) is 58.1 Å². The molecule has 0 amide bonds. The van der Waals surface area contributed by atoms with Crippen molar-refractivity contribution < 1.29 is 45.3 Å². The zero-order valence-corrected chi connectivity index (χ0v) is 15.7. The second-order valence-electron chi connectivity index (χ2n) is 7.58. The Morgan fingerprint density at radius 2 is 1.57 bits per heavy atom. The fourth-order valence-electron chi connectivity index (χ4n) is 4.41. The molecule has 1 saturated heterocycles. The molecular weight excluding hydrogens is 396 g/mol. The van der Waals surface area contributed by atoms with Gasteiger partial charge in [0, 0.05) is 5.92 Å². The van der Waals surface area contributed by atoms with Crippen molar-refractivity contribution in [2.24, 2.45) is 0 Å². The summed E-state index contributed by atoms with van der Waals surface area (Å²) in [6, 6.07) is 7.06. The number of phenols is 2. The third-order valence-corrected chi connectivity index (χ3v) is 5.85. The minimum atomic E-state index is -1.64. The second-order valence-corrected chi connectivity index (χ2v) is 7.58. The molecule has 4 rings (SSSR count). The largest absolute Gasteiger partial charge is 0.507 e. The van der Waals surface area contributed by atoms with Gasteiger partial charge in [0.2, 0.25) is 5.78 Å². The van der Waals surface area contributed by atoms with Crippen LogP contribution in [0.3, 0.4) is 0 Å². The molecule has 0 aromatic heterocycles. The van der Waals surface area contributed by atoms with Gasteiger partial charge in [0.1, 0.15) is 35.9 Å². The molecule has 6 atom stereocenters. The van der Waals surface area contributed by atoms with Gasteiger partial charge in [-0.05, 0) is 28.8 Å². The van der Waals surface area contributed by atoms with Gasteiger partial charge in [0.15, 0.2) is 0 Å². The van der Waals surface area contributed by atoms with Crippen LogP contribution in [0.4, 0.5) is 0 Å². The van der Waals surface area contributed by atoms with Crippen LogP contribution in [0.1, 0.15) is 38.5 Å². The molecule has 1 aliphatic carbocycles. The molecule has 0 radical (unpaired) electrons. The lowest BCUT2D eigenvalue weighted by Gasteiger charge is -2.45. The standard InChI is InChI=1S/C21H22O9/c22-6-8-4-10-14(21-20(29)19(28)17(26)13(7-23)30-21)9-2-1-3-11(24)15(9)18(27)16(10)12(25)5-8/h1-5,13-14,17,19-26,28-29H,6-7H2/t13-,14-,17+,19+,20-,21+/m1/s1. The monoisotopic (exact) mass is 418 g/mol. The molecule has 1 fully saturated rings. The summed E-state index contributed by atoms with van der Waals surface area (Å²) in [7, 11) is 0. The summed E-state index contributed by atoms with van der Waals surface area (Å²) in [5.74, 6) is -2.34. The van der Waals surface area contributed by atoms with Crippen molar-refractivity contribution in [1.82, 2.24) is 0 Å². The molecule has 9 nitrogen and oxygen atoms in total. The van der Waals surface area contributed by atoms with E-state index in [0.717, 1.165) is 0 Å². The first kappa shape index (κ1) is 20.7. The number of phenolic OH excluding ortho intramolecular Hbond substituents is 2. The zero-order chi connectivity index (χ0) is 21.7. The summed E-state index contributed by atoms with van der Waals surface area (Å²) < 4.78 is 5.73. The quantitative estimate of drug-likeness (QED) is 0.334. The lowest BCUT2D eigenvalue weighted by atomic mass is 9.71. The van der Waals surface area contributed by atoms with E-state index in [0.29, 0.717) is 5.56 Å². The first-order valence-corrected chi connectivity index (χ1v) is 9.43. The topological polar surface area (TPSA) is 168 Å². The molecule has 160 valence electrons. The van der Waals surface area contributed by atoms with Gasteiger partial charge in [-0.2, -0.15) is 0 Å². The van der Waals surface area contributed by atoms with Crippen LogP contribution in [0.25, 0.3) is 0 Å². The van der Waals surface area contributed by atoms with Crippen LogP contribution in [-0.4, -0.2) is 78.7 Å². The summed E-state index contributed by atoms with van der Waals surface area (Å²) in [6.45, 7) is -1.06. The first-order chi connectivity index (χ1) is 14.3. The molecule has 1 heterocycles. The molecule has 0 unspecified atom stereocenters. The maximum absolute atomic E-state index is 13.1. The number of carbonyl (C=O) groups is 1. The Kier molecular flexibility index (Phi) is 5.27. The average Bonchev–Trinajstić information content (AvgIpc) is 2.73. The number of ether oxygens (including phenoxy) is 1. The van der Waals surface area contributed by atoms with Crippen LogP contribution in [0.5, 0.6) is 11.5 Å². The van der Waals surface area contributed by atoms with E-state index in [1.165, 1.54) is 24.3 Å². The predicted molar refractivity (Wildman–Crippen MR) is 101 cm³/mol. The molecule has 2 aromatic carbocycles. The fourth-order valence-corrected chi connectivity index (χ4v) is 4.41. The summed E-state index contributed by atoms with van der Waals surface area (Å²) in [5.41, 5.74) is 0.609. The second kappa shape index (κ2) is 7.62. The SMILES string of the molecule is O=C1c2c(O)cccc2[C@@H]([C@@H]2O[C@H](CO)[C@H](O)[C@H](O)[C@H]2O)c2cc(CO)cc(O)c21. The average molecular weight is 418 g/mol. The molecule has 2 aliphatic rings. The van der Waals surface area contributed by atoms with Crippen molar-refractivity contribution in [2.75, 3.05) is 6.61 Å². The van der Waals surface area contributed by atoms with Gasteiger partial charge in [-0.3, -0.25) is 4.79 Å². The van der Waals surface area contributed by atoms with Crippen molar-refractivity contribution in [3.8, 4) is 11.5 Å². The van der Waals surface area contributed by atoms with Crippen molar-refractivity contribution in [3.63, 3.8) is 0 Å². The number of aromatic hydroxyl groups is 2. The number of hydrogen-bond acceptors (Lipinski definition) is 9. The Bertz CT molecular complexity index is 987. The van der Waals surface area contributed by atoms with Gasteiger partial charge in [0.25, 0.3) is 0 Å². The Morgan fingerprint density at radius 3 is 2.23 bits per heavy atom. The third-order valence-electron chi connectivity index (χ3n) is 5.85. The molecule has 1 aliphatic heterocycles. The van der Waals surface area contributed by atoms with Crippen molar-refractivity contribution in [1.29, 1.82) is 0 Å². The molecule has 0 bridgehead atoms. The van der Waals surface area contributed by atoms with E-state index in [-0.39, 0.29) is 28.0 Å². The third kappa shape index (κ3) is 2.99. The zero-order valence-electron chi connectivity index (χ0n) is 15.7. The van der Waals surface area contributed by atoms with E-state index in [4.69, 9.17) is 4.74 Å². The van der Waals surface area contributed by atoms with Gasteiger partial charge >= 0.3 is 0 Å². The number of fused-ring (bicyclic) bond motifs is 2. The Morgan fingerprint density at radius 1 is 0.867 bits per heavy atom. The van der Waals surface area contributed by atoms with Gasteiger partial charge < -0.3 is 40.5 Å². The number of benzene rings is 2. The van der Waals surface area contributed by atoms with Gasteiger partial charge in [-0.25, -0.2) is 0 Å². The van der Waals surface area contributed by atoms with Crippen LogP contribution in [0, 0.1) is 0 Å². The van der Waals surface area contributed by atoms with E-state index in [1.54, 1.807) is 6.07 Å². The van der Waals surface area contributed by atoms with Gasteiger partial charge in [-0.15, -0.1) is 0 Å². The predicted octanol–water partition coefficient (Wildman–Crippen LogP) is -0.891.